The van der Waals surface area contributed by atoms with E-state index in [1.54, 1.807) is 6.20 Å². The molecule has 1 fully saturated rings. The third kappa shape index (κ3) is 1.96. The van der Waals surface area contributed by atoms with Gasteiger partial charge in [-0.25, -0.2) is 4.98 Å². The summed E-state index contributed by atoms with van der Waals surface area (Å²) in [5.41, 5.74) is 6.04. The number of aromatic nitrogens is 4. The first-order chi connectivity index (χ1) is 9.11. The van der Waals surface area contributed by atoms with E-state index in [1.807, 2.05) is 17.8 Å². The van der Waals surface area contributed by atoms with Crippen molar-refractivity contribution in [3.8, 4) is 11.6 Å². The number of aryl methyl sites for hydroxylation is 1. The molecule has 6 heteroatoms. The summed E-state index contributed by atoms with van der Waals surface area (Å²) < 4.78 is 7.33. The van der Waals surface area contributed by atoms with Gasteiger partial charge < -0.3 is 14.8 Å². The van der Waals surface area contributed by atoms with Crippen LogP contribution in [0.5, 0.6) is 0 Å². The van der Waals surface area contributed by atoms with Crippen LogP contribution in [0.15, 0.2) is 16.9 Å². The molecule has 0 radical (unpaired) electrons. The molecule has 0 aromatic carbocycles. The van der Waals surface area contributed by atoms with Crippen LogP contribution in [0.1, 0.15) is 38.5 Å². The molecule has 19 heavy (non-hydrogen) atoms. The van der Waals surface area contributed by atoms with Gasteiger partial charge in [-0.3, -0.25) is 0 Å². The fourth-order valence-electron chi connectivity index (χ4n) is 2.75. The summed E-state index contributed by atoms with van der Waals surface area (Å²) in [5, 5.41) is 4.05. The van der Waals surface area contributed by atoms with E-state index in [4.69, 9.17) is 10.3 Å². The van der Waals surface area contributed by atoms with Crippen LogP contribution in [0.4, 0.5) is 0 Å². The lowest BCUT2D eigenvalue weighted by Gasteiger charge is -2.35. The molecule has 0 saturated heterocycles. The zero-order chi connectivity index (χ0) is 13.5. The summed E-state index contributed by atoms with van der Waals surface area (Å²) in [5.74, 6) is 1.88. The molecule has 2 unspecified atom stereocenters. The molecule has 6 nitrogen and oxygen atoms in total. The first kappa shape index (κ1) is 12.3. The van der Waals surface area contributed by atoms with Crippen molar-refractivity contribution in [2.75, 3.05) is 0 Å². The second-order valence-electron chi connectivity index (χ2n) is 5.55. The summed E-state index contributed by atoms with van der Waals surface area (Å²) in [6.45, 7) is 2.12. The number of hydrogen-bond acceptors (Lipinski definition) is 5. The van der Waals surface area contributed by atoms with Crippen LogP contribution in [0, 0.1) is 0 Å². The van der Waals surface area contributed by atoms with Crippen molar-refractivity contribution in [1.82, 2.24) is 19.7 Å². The second-order valence-corrected chi connectivity index (χ2v) is 5.55. The molecule has 0 bridgehead atoms. The molecule has 0 spiro atoms. The Balaban J connectivity index is 1.95. The van der Waals surface area contributed by atoms with Gasteiger partial charge in [-0.15, -0.1) is 0 Å². The minimum Gasteiger partial charge on any atom is -0.338 e. The van der Waals surface area contributed by atoms with Gasteiger partial charge in [-0.1, -0.05) is 18.0 Å². The fourth-order valence-corrected chi connectivity index (χ4v) is 2.75. The van der Waals surface area contributed by atoms with Crippen LogP contribution in [0.25, 0.3) is 11.6 Å². The van der Waals surface area contributed by atoms with Gasteiger partial charge in [0, 0.05) is 25.5 Å². The quantitative estimate of drug-likeness (QED) is 0.888. The zero-order valence-electron chi connectivity index (χ0n) is 11.3. The van der Waals surface area contributed by atoms with Gasteiger partial charge in [0.25, 0.3) is 0 Å². The van der Waals surface area contributed by atoms with E-state index >= 15 is 0 Å². The Morgan fingerprint density at radius 3 is 3.00 bits per heavy atom. The number of hydrogen-bond donors (Lipinski definition) is 1. The molecule has 3 rings (SSSR count). The lowest BCUT2D eigenvalue weighted by Crippen LogP contribution is -2.45. The van der Waals surface area contributed by atoms with Crippen molar-refractivity contribution in [2.24, 2.45) is 12.8 Å². The molecule has 2 heterocycles. The normalized spacial score (nSPS) is 27.6. The second kappa shape index (κ2) is 4.45. The van der Waals surface area contributed by atoms with Gasteiger partial charge in [-0.2, -0.15) is 4.98 Å². The summed E-state index contributed by atoms with van der Waals surface area (Å²) in [7, 11) is 1.91. The fraction of sp³-hybridized carbons (Fsp3) is 0.615. The van der Waals surface area contributed by atoms with E-state index in [2.05, 4.69) is 22.0 Å². The minimum atomic E-state index is -0.214. The Labute approximate surface area is 112 Å². The van der Waals surface area contributed by atoms with E-state index in [0.29, 0.717) is 17.5 Å². The molecule has 2 aromatic rings. The molecule has 1 saturated carbocycles. The lowest BCUT2D eigenvalue weighted by molar-refractivity contribution is 0.203. The third-order valence-electron chi connectivity index (χ3n) is 4.22. The highest BCUT2D eigenvalue weighted by Crippen LogP contribution is 2.37. The molecule has 2 aromatic heterocycles. The maximum atomic E-state index is 6.25. The van der Waals surface area contributed by atoms with Gasteiger partial charge in [0.15, 0.2) is 5.82 Å². The monoisotopic (exact) mass is 261 g/mol. The molecule has 1 aliphatic carbocycles. The first-order valence-corrected chi connectivity index (χ1v) is 6.69. The highest BCUT2D eigenvalue weighted by molar-refractivity contribution is 5.42. The average Bonchev–Trinajstić information content (AvgIpc) is 3.01. The Hall–Kier alpha value is -1.69. The largest absolute Gasteiger partial charge is 0.338 e. The predicted octanol–water partition coefficient (Wildman–Crippen LogP) is 1.63. The standard InChI is InChI=1S/C13H19N5O/c1-13(6-4-3-5-9(13)14)12-16-10(17-19-12)11-15-7-8-18(11)2/h7-9H,3-6,14H2,1-2H3. The van der Waals surface area contributed by atoms with Crippen LogP contribution in [-0.2, 0) is 12.5 Å². The maximum absolute atomic E-state index is 6.25. The molecule has 0 amide bonds. The number of rotatable bonds is 2. The van der Waals surface area contributed by atoms with Crippen molar-refractivity contribution in [1.29, 1.82) is 0 Å². The third-order valence-corrected chi connectivity index (χ3v) is 4.22. The van der Waals surface area contributed by atoms with Gasteiger partial charge in [0.2, 0.25) is 11.7 Å². The number of imidazole rings is 1. The van der Waals surface area contributed by atoms with Gasteiger partial charge >= 0.3 is 0 Å². The van der Waals surface area contributed by atoms with E-state index in [-0.39, 0.29) is 11.5 Å². The molecule has 102 valence electrons. The van der Waals surface area contributed by atoms with Crippen LogP contribution in [0.2, 0.25) is 0 Å². The van der Waals surface area contributed by atoms with Crippen molar-refractivity contribution in [3.63, 3.8) is 0 Å². The Morgan fingerprint density at radius 2 is 2.32 bits per heavy atom. The highest BCUT2D eigenvalue weighted by Gasteiger charge is 2.41. The highest BCUT2D eigenvalue weighted by atomic mass is 16.5. The summed E-state index contributed by atoms with van der Waals surface area (Å²) in [6, 6.07) is 0.0796. The number of nitrogens with zero attached hydrogens (tertiary/aromatic N) is 4. The van der Waals surface area contributed by atoms with Gasteiger partial charge in [0.1, 0.15) is 0 Å². The maximum Gasteiger partial charge on any atom is 0.238 e. The predicted molar refractivity (Wildman–Crippen MR) is 70.3 cm³/mol. The number of nitrogens with two attached hydrogens (primary N) is 1. The van der Waals surface area contributed by atoms with Crippen molar-refractivity contribution in [3.05, 3.63) is 18.3 Å². The Morgan fingerprint density at radius 1 is 1.47 bits per heavy atom. The Bertz CT molecular complexity index is 575. The smallest absolute Gasteiger partial charge is 0.238 e. The van der Waals surface area contributed by atoms with Crippen molar-refractivity contribution >= 4 is 0 Å². The van der Waals surface area contributed by atoms with Gasteiger partial charge in [0.05, 0.1) is 5.41 Å². The molecule has 0 aliphatic heterocycles. The topological polar surface area (TPSA) is 82.8 Å². The SMILES string of the molecule is Cn1ccnc1-c1noc(C2(C)CCCCC2N)n1. The molecular weight excluding hydrogens is 242 g/mol. The van der Waals surface area contributed by atoms with Crippen molar-refractivity contribution < 1.29 is 4.52 Å². The molecule has 2 atom stereocenters. The molecule has 1 aliphatic rings. The zero-order valence-corrected chi connectivity index (χ0v) is 11.3. The van der Waals surface area contributed by atoms with Crippen LogP contribution >= 0.6 is 0 Å². The Kier molecular flexibility index (Phi) is 2.89. The van der Waals surface area contributed by atoms with E-state index < -0.39 is 0 Å². The van der Waals surface area contributed by atoms with Crippen molar-refractivity contribution in [2.45, 2.75) is 44.1 Å². The summed E-state index contributed by atoms with van der Waals surface area (Å²) in [4.78, 5) is 8.75. The van der Waals surface area contributed by atoms with Crippen LogP contribution < -0.4 is 5.73 Å². The van der Waals surface area contributed by atoms with E-state index in [0.717, 1.165) is 19.3 Å². The molecular formula is C13H19N5O. The summed E-state index contributed by atoms with van der Waals surface area (Å²) in [6.07, 6.45) is 7.92. The van der Waals surface area contributed by atoms with Gasteiger partial charge in [-0.05, 0) is 19.8 Å². The lowest BCUT2D eigenvalue weighted by atomic mass is 9.72. The van der Waals surface area contributed by atoms with Crippen LogP contribution in [-0.4, -0.2) is 25.7 Å². The molecule has 2 N–H and O–H groups in total. The minimum absolute atomic E-state index is 0.0796. The summed E-state index contributed by atoms with van der Waals surface area (Å²) >= 11 is 0. The average molecular weight is 261 g/mol. The first-order valence-electron chi connectivity index (χ1n) is 6.69. The van der Waals surface area contributed by atoms with E-state index in [1.165, 1.54) is 6.42 Å². The van der Waals surface area contributed by atoms with E-state index in [9.17, 15) is 0 Å². The van der Waals surface area contributed by atoms with Crippen LogP contribution in [0.3, 0.4) is 0 Å².